The number of anilines is 6. The molecule has 2 nitrogen and oxygen atoms in total. The number of fused-ring (bicyclic) bond motifs is 3. The highest BCUT2D eigenvalue weighted by molar-refractivity contribution is 5.98. The zero-order chi connectivity index (χ0) is 42.7. The lowest BCUT2D eigenvalue weighted by molar-refractivity contribution is 1.28. The molecule has 0 amide bonds. The lowest BCUT2D eigenvalue weighted by Gasteiger charge is -2.26. The van der Waals surface area contributed by atoms with Crippen LogP contribution in [0.1, 0.15) is 11.1 Å². The lowest BCUT2D eigenvalue weighted by atomic mass is 9.98. The minimum absolute atomic E-state index is 1.10. The van der Waals surface area contributed by atoms with Crippen molar-refractivity contribution in [3.8, 4) is 22.3 Å². The van der Waals surface area contributed by atoms with Crippen molar-refractivity contribution >= 4 is 78.6 Å². The fourth-order valence-corrected chi connectivity index (χ4v) is 9.00. The second-order valence-electron chi connectivity index (χ2n) is 16.2. The van der Waals surface area contributed by atoms with Crippen LogP contribution in [0.4, 0.5) is 34.1 Å². The molecule has 64 heavy (non-hydrogen) atoms. The fourth-order valence-electron chi connectivity index (χ4n) is 9.00. The van der Waals surface area contributed by atoms with E-state index in [9.17, 15) is 0 Å². The Morgan fingerprint density at radius 3 is 1.16 bits per heavy atom. The number of hydrogen-bond acceptors (Lipinski definition) is 2. The standard InChI is InChI=1S/C62H44N2/c1-3-17-53(18-4-1)63(56-38-31-49(32-39-56)61-23-11-15-47-13-7-9-21-59(47)61)55-36-28-45(29-37-55)25-26-46-27-30-52-44-58(42-35-51(52)43-46)64(54-19-5-2-6-20-54)57-40-33-50(34-41-57)62-24-12-16-48-14-8-10-22-60(48)62/h1-44H. The van der Waals surface area contributed by atoms with Crippen molar-refractivity contribution in [2.75, 3.05) is 9.80 Å². The number of nitrogens with zero attached hydrogens (tertiary/aromatic N) is 2. The van der Waals surface area contributed by atoms with Crippen LogP contribution < -0.4 is 9.80 Å². The summed E-state index contributed by atoms with van der Waals surface area (Å²) in [5.74, 6) is 0. The number of para-hydroxylation sites is 2. The molecule has 11 rings (SSSR count). The molecule has 0 aromatic heterocycles. The molecule has 11 aromatic carbocycles. The Bertz CT molecular complexity index is 3400. The van der Waals surface area contributed by atoms with Crippen LogP contribution in [0.25, 0.3) is 66.7 Å². The van der Waals surface area contributed by atoms with Crippen molar-refractivity contribution in [2.24, 2.45) is 0 Å². The first-order valence-corrected chi connectivity index (χ1v) is 21.9. The Labute approximate surface area is 374 Å². The second kappa shape index (κ2) is 17.1. The Kier molecular flexibility index (Phi) is 10.3. The minimum Gasteiger partial charge on any atom is -0.311 e. The van der Waals surface area contributed by atoms with E-state index in [2.05, 4.69) is 277 Å². The van der Waals surface area contributed by atoms with Crippen molar-refractivity contribution in [3.63, 3.8) is 0 Å². The highest BCUT2D eigenvalue weighted by atomic mass is 15.1. The number of hydrogen-bond donors (Lipinski definition) is 0. The molecule has 0 saturated carbocycles. The van der Waals surface area contributed by atoms with Gasteiger partial charge in [-0.05, 0) is 145 Å². The third kappa shape index (κ3) is 7.70. The van der Waals surface area contributed by atoms with Gasteiger partial charge in [0, 0.05) is 34.1 Å². The molecule has 0 N–H and O–H groups in total. The third-order valence-corrected chi connectivity index (χ3v) is 12.2. The predicted molar refractivity (Wildman–Crippen MR) is 275 cm³/mol. The van der Waals surface area contributed by atoms with Gasteiger partial charge in [-0.25, -0.2) is 0 Å². The molecule has 0 heterocycles. The second-order valence-corrected chi connectivity index (χ2v) is 16.2. The first kappa shape index (κ1) is 38.5. The van der Waals surface area contributed by atoms with Crippen molar-refractivity contribution < 1.29 is 0 Å². The van der Waals surface area contributed by atoms with E-state index in [1.165, 1.54) is 54.6 Å². The van der Waals surface area contributed by atoms with E-state index in [0.29, 0.717) is 0 Å². The Morgan fingerprint density at radius 1 is 0.234 bits per heavy atom. The Balaban J connectivity index is 0.841. The van der Waals surface area contributed by atoms with Crippen molar-refractivity contribution in [2.45, 2.75) is 0 Å². The van der Waals surface area contributed by atoms with Crippen LogP contribution in [0.2, 0.25) is 0 Å². The van der Waals surface area contributed by atoms with Crippen molar-refractivity contribution in [1.29, 1.82) is 0 Å². The molecule has 0 atom stereocenters. The molecule has 0 radical (unpaired) electrons. The van der Waals surface area contributed by atoms with Gasteiger partial charge in [0.2, 0.25) is 0 Å². The molecule has 0 spiro atoms. The highest BCUT2D eigenvalue weighted by Gasteiger charge is 2.15. The van der Waals surface area contributed by atoms with Crippen LogP contribution >= 0.6 is 0 Å². The van der Waals surface area contributed by atoms with E-state index in [-0.39, 0.29) is 0 Å². The summed E-state index contributed by atoms with van der Waals surface area (Å²) in [4.78, 5) is 4.66. The van der Waals surface area contributed by atoms with Gasteiger partial charge in [0.05, 0.1) is 0 Å². The van der Waals surface area contributed by atoms with Crippen LogP contribution in [0.5, 0.6) is 0 Å². The molecular formula is C62H44N2. The SMILES string of the molecule is C(=Cc1ccc2cc(N(c3ccccc3)c3ccc(-c4cccc5ccccc45)cc3)ccc2c1)c1ccc(N(c2ccccc2)c2ccc(-c3cccc4ccccc34)cc2)cc1. The molecule has 0 unspecified atom stereocenters. The predicted octanol–water partition coefficient (Wildman–Crippen LogP) is 17.6. The fraction of sp³-hybridized carbons (Fsp3) is 0. The monoisotopic (exact) mass is 816 g/mol. The molecule has 0 aliphatic heterocycles. The summed E-state index contributed by atoms with van der Waals surface area (Å²) in [6, 6.07) is 91.6. The number of benzene rings is 11. The van der Waals surface area contributed by atoms with E-state index in [1.807, 2.05) is 0 Å². The summed E-state index contributed by atoms with van der Waals surface area (Å²) >= 11 is 0. The molecule has 302 valence electrons. The molecule has 0 saturated heterocycles. The molecule has 2 heteroatoms. The molecule has 0 aliphatic carbocycles. The largest absolute Gasteiger partial charge is 0.311 e. The van der Waals surface area contributed by atoms with Crippen LogP contribution in [-0.4, -0.2) is 0 Å². The van der Waals surface area contributed by atoms with Crippen molar-refractivity contribution in [3.05, 3.63) is 266 Å². The van der Waals surface area contributed by atoms with Gasteiger partial charge in [0.1, 0.15) is 0 Å². The Morgan fingerprint density at radius 2 is 0.609 bits per heavy atom. The first-order chi connectivity index (χ1) is 31.7. The smallest absolute Gasteiger partial charge is 0.0468 e. The average Bonchev–Trinajstić information content (AvgIpc) is 3.37. The van der Waals surface area contributed by atoms with Crippen LogP contribution in [0.15, 0.2) is 255 Å². The Hall–Kier alpha value is -8.46. The third-order valence-electron chi connectivity index (χ3n) is 12.2. The molecule has 0 bridgehead atoms. The van der Waals surface area contributed by atoms with Gasteiger partial charge in [0.15, 0.2) is 0 Å². The van der Waals surface area contributed by atoms with Crippen LogP contribution in [0, 0.1) is 0 Å². The van der Waals surface area contributed by atoms with Gasteiger partial charge in [-0.3, -0.25) is 0 Å². The summed E-state index contributed by atoms with van der Waals surface area (Å²) in [7, 11) is 0. The van der Waals surface area contributed by atoms with E-state index < -0.39 is 0 Å². The first-order valence-electron chi connectivity index (χ1n) is 21.9. The van der Waals surface area contributed by atoms with E-state index in [1.54, 1.807) is 0 Å². The topological polar surface area (TPSA) is 6.48 Å². The maximum Gasteiger partial charge on any atom is 0.0468 e. The highest BCUT2D eigenvalue weighted by Crippen LogP contribution is 2.39. The van der Waals surface area contributed by atoms with Gasteiger partial charge in [-0.2, -0.15) is 0 Å². The average molecular weight is 817 g/mol. The van der Waals surface area contributed by atoms with Gasteiger partial charge in [-0.15, -0.1) is 0 Å². The van der Waals surface area contributed by atoms with Gasteiger partial charge in [0.25, 0.3) is 0 Å². The zero-order valence-corrected chi connectivity index (χ0v) is 35.3. The molecule has 0 fully saturated rings. The maximum atomic E-state index is 2.34. The van der Waals surface area contributed by atoms with Crippen LogP contribution in [0.3, 0.4) is 0 Å². The summed E-state index contributed by atoms with van der Waals surface area (Å²) in [6.45, 7) is 0. The zero-order valence-electron chi connectivity index (χ0n) is 35.3. The molecule has 11 aromatic rings. The van der Waals surface area contributed by atoms with E-state index in [4.69, 9.17) is 0 Å². The maximum absolute atomic E-state index is 2.34. The lowest BCUT2D eigenvalue weighted by Crippen LogP contribution is -2.09. The quantitative estimate of drug-likeness (QED) is 0.127. The summed E-state index contributed by atoms with van der Waals surface area (Å²) < 4.78 is 0. The van der Waals surface area contributed by atoms with Crippen LogP contribution in [-0.2, 0) is 0 Å². The van der Waals surface area contributed by atoms with Crippen molar-refractivity contribution in [1.82, 2.24) is 0 Å². The van der Waals surface area contributed by atoms with E-state index in [0.717, 1.165) is 45.3 Å². The van der Waals surface area contributed by atoms with Gasteiger partial charge in [-0.1, -0.05) is 188 Å². The summed E-state index contributed by atoms with van der Waals surface area (Å²) in [6.07, 6.45) is 4.40. The summed E-state index contributed by atoms with van der Waals surface area (Å²) in [5.41, 5.74) is 13.9. The van der Waals surface area contributed by atoms with E-state index >= 15 is 0 Å². The normalized spacial score (nSPS) is 11.4. The van der Waals surface area contributed by atoms with Gasteiger partial charge < -0.3 is 9.80 Å². The minimum atomic E-state index is 1.10. The molecular weight excluding hydrogens is 773 g/mol. The number of rotatable bonds is 10. The summed E-state index contributed by atoms with van der Waals surface area (Å²) in [5, 5.41) is 7.42. The van der Waals surface area contributed by atoms with Gasteiger partial charge >= 0.3 is 0 Å². The molecule has 0 aliphatic rings.